The minimum absolute atomic E-state index is 0.353. The van der Waals surface area contributed by atoms with Crippen LogP contribution in [0.5, 0.6) is 0 Å². The monoisotopic (exact) mass is 700 g/mol. The van der Waals surface area contributed by atoms with Crippen molar-refractivity contribution in [2.75, 3.05) is 28.4 Å². The van der Waals surface area contributed by atoms with E-state index in [1.54, 1.807) is 0 Å². The molecule has 0 atom stereocenters. The number of carbonyl (C=O) groups is 8. The number of carbonyl (C=O) groups excluding carboxylic acids is 8. The van der Waals surface area contributed by atoms with Gasteiger partial charge in [-0.05, 0) is 0 Å². The van der Waals surface area contributed by atoms with E-state index in [2.05, 4.69) is 39.1 Å². The van der Waals surface area contributed by atoms with Gasteiger partial charge in [0.15, 0.2) is 0 Å². The SMILES string of the molecule is COOC(=O)/C=C\C(=O)[O][Sn]([O]C(=O)/C=C\C(=O)OOC)([O]C(=O)/C=C\C(=O)OOC)[O]C(=O)/C=C\C(=O)OOC. The van der Waals surface area contributed by atoms with E-state index in [1.165, 1.54) is 0 Å². The third kappa shape index (κ3) is 17.5. The quantitative estimate of drug-likeness (QED) is 0.0749. The molecule has 0 aromatic rings. The van der Waals surface area contributed by atoms with Crippen LogP contribution in [0.4, 0.5) is 0 Å². The second-order valence-corrected chi connectivity index (χ2v) is 11.0. The molecule has 0 aliphatic heterocycles. The molecule has 21 heteroatoms. The van der Waals surface area contributed by atoms with E-state index in [4.69, 9.17) is 12.3 Å². The van der Waals surface area contributed by atoms with Gasteiger partial charge >= 0.3 is 235 Å². The van der Waals surface area contributed by atoms with Crippen LogP contribution in [0.15, 0.2) is 48.6 Å². The number of hydrogen-bond acceptors (Lipinski definition) is 20. The van der Waals surface area contributed by atoms with Gasteiger partial charge in [0, 0.05) is 0 Å². The molecule has 224 valence electrons. The summed E-state index contributed by atoms with van der Waals surface area (Å²) in [6, 6.07) is 0. The molecule has 0 aromatic heterocycles. The second-order valence-electron chi connectivity index (χ2n) is 5.79. The predicted octanol–water partition coefficient (Wildman–Crippen LogP) is -1.76. The Labute approximate surface area is 234 Å². The van der Waals surface area contributed by atoms with Crippen molar-refractivity contribution < 1.29 is 89.8 Å². The van der Waals surface area contributed by atoms with E-state index in [-0.39, 0.29) is 0 Å². The third-order valence-electron chi connectivity index (χ3n) is 2.99. The van der Waals surface area contributed by atoms with Crippen LogP contribution in [0.3, 0.4) is 0 Å². The first-order chi connectivity index (χ1) is 19.4. The van der Waals surface area contributed by atoms with E-state index >= 15 is 0 Å². The van der Waals surface area contributed by atoms with E-state index in [1.807, 2.05) is 0 Å². The average Bonchev–Trinajstić information content (AvgIpc) is 2.89. The van der Waals surface area contributed by atoms with E-state index < -0.39 is 67.8 Å². The van der Waals surface area contributed by atoms with Gasteiger partial charge in [-0.1, -0.05) is 0 Å². The van der Waals surface area contributed by atoms with Gasteiger partial charge in [-0.2, -0.15) is 0 Å². The van der Waals surface area contributed by atoms with Gasteiger partial charge in [0.05, 0.1) is 0 Å². The Morgan fingerprint density at radius 2 is 0.512 bits per heavy atom. The van der Waals surface area contributed by atoms with E-state index in [0.717, 1.165) is 28.4 Å². The zero-order valence-corrected chi connectivity index (χ0v) is 24.1. The Hall–Kier alpha value is -4.64. The minimum atomic E-state index is -6.74. The molecule has 0 saturated heterocycles. The molecule has 0 aliphatic carbocycles. The third-order valence-corrected chi connectivity index (χ3v) is 8.14. The Kier molecular flexibility index (Phi) is 18.0. The summed E-state index contributed by atoms with van der Waals surface area (Å²) in [4.78, 5) is 128. The van der Waals surface area contributed by atoms with Crippen LogP contribution >= 0.6 is 0 Å². The summed E-state index contributed by atoms with van der Waals surface area (Å²) in [5, 5.41) is 0. The van der Waals surface area contributed by atoms with Crippen LogP contribution in [0.1, 0.15) is 0 Å². The first-order valence-corrected chi connectivity index (χ1v) is 14.7. The standard InChI is InChI=1S/4C5H6O5.Sn/c4*1-9-10-5(8)3-2-4(6)7;/h4*2-3H,1H3,(H,6,7);/q;;;;+4/p-4/b4*3-2-;. The summed E-state index contributed by atoms with van der Waals surface area (Å²) in [5.41, 5.74) is 0. The van der Waals surface area contributed by atoms with E-state index in [9.17, 15) is 38.4 Å². The van der Waals surface area contributed by atoms with Crippen molar-refractivity contribution in [3.8, 4) is 0 Å². The van der Waals surface area contributed by atoms with Crippen molar-refractivity contribution in [3.63, 3.8) is 0 Å². The first kappa shape index (κ1) is 36.4. The Morgan fingerprint density at radius 3 is 0.683 bits per heavy atom. The molecule has 20 nitrogen and oxygen atoms in total. The molecule has 0 heterocycles. The van der Waals surface area contributed by atoms with Gasteiger partial charge < -0.3 is 0 Å². The Morgan fingerprint density at radius 1 is 0.341 bits per heavy atom. The number of rotatable bonds is 16. The Bertz CT molecular complexity index is 929. The van der Waals surface area contributed by atoms with Crippen LogP contribution in [-0.2, 0) is 89.8 Å². The fraction of sp³-hybridized carbons (Fsp3) is 0.200. The van der Waals surface area contributed by atoms with Gasteiger partial charge in [-0.25, -0.2) is 0 Å². The van der Waals surface area contributed by atoms with Gasteiger partial charge in [0.1, 0.15) is 0 Å². The van der Waals surface area contributed by atoms with Crippen LogP contribution < -0.4 is 0 Å². The second kappa shape index (κ2) is 20.3. The van der Waals surface area contributed by atoms with Crippen LogP contribution in [0.2, 0.25) is 0 Å². The first-order valence-electron chi connectivity index (χ1n) is 10.0. The van der Waals surface area contributed by atoms with Gasteiger partial charge in [0.25, 0.3) is 0 Å². The Balaban J connectivity index is 6.46. The number of hydrogen-bond donors (Lipinski definition) is 0. The van der Waals surface area contributed by atoms with Crippen LogP contribution in [0, 0.1) is 0 Å². The summed E-state index contributed by atoms with van der Waals surface area (Å²) in [6.45, 7) is 0. The summed E-state index contributed by atoms with van der Waals surface area (Å²) >= 11 is -6.74. The average molecular weight is 699 g/mol. The molecule has 0 aliphatic rings. The normalized spacial score (nSPS) is 11.2. The molecular formula is C20H20O20Sn. The summed E-state index contributed by atoms with van der Waals surface area (Å²) in [6.07, 6.45) is 3.17. The molecular weight excluding hydrogens is 679 g/mol. The fourth-order valence-electron chi connectivity index (χ4n) is 1.74. The van der Waals surface area contributed by atoms with Gasteiger partial charge in [0.2, 0.25) is 0 Å². The van der Waals surface area contributed by atoms with Crippen molar-refractivity contribution in [2.45, 2.75) is 0 Å². The van der Waals surface area contributed by atoms with Crippen molar-refractivity contribution in [1.82, 2.24) is 0 Å². The molecule has 0 radical (unpaired) electrons. The maximum absolute atomic E-state index is 12.4. The molecule has 0 aromatic carbocycles. The molecule has 0 spiro atoms. The molecule has 0 amide bonds. The molecule has 0 fully saturated rings. The molecule has 0 bridgehead atoms. The predicted molar refractivity (Wildman–Crippen MR) is 119 cm³/mol. The van der Waals surface area contributed by atoms with Crippen molar-refractivity contribution in [1.29, 1.82) is 0 Å². The van der Waals surface area contributed by atoms with Crippen molar-refractivity contribution in [2.24, 2.45) is 0 Å². The molecule has 0 rings (SSSR count). The summed E-state index contributed by atoms with van der Waals surface area (Å²) in [7, 11) is 3.86. The summed E-state index contributed by atoms with van der Waals surface area (Å²) < 4.78 is 19.3. The zero-order chi connectivity index (χ0) is 31.3. The zero-order valence-electron chi connectivity index (χ0n) is 21.3. The van der Waals surface area contributed by atoms with E-state index in [0.29, 0.717) is 48.6 Å². The van der Waals surface area contributed by atoms with Gasteiger partial charge in [-0.15, -0.1) is 0 Å². The molecule has 0 N–H and O–H groups in total. The van der Waals surface area contributed by atoms with Crippen LogP contribution in [0.25, 0.3) is 0 Å². The fourth-order valence-corrected chi connectivity index (χ4v) is 6.04. The van der Waals surface area contributed by atoms with Crippen LogP contribution in [-0.4, -0.2) is 96.2 Å². The summed E-state index contributed by atoms with van der Waals surface area (Å²) in [5.74, 6) is -11.4. The molecule has 0 unspecified atom stereocenters. The van der Waals surface area contributed by atoms with Crippen molar-refractivity contribution in [3.05, 3.63) is 48.6 Å². The molecule has 0 saturated carbocycles. The maximum atomic E-state index is 12.4. The topological polar surface area (TPSA) is 247 Å². The van der Waals surface area contributed by atoms with Crippen molar-refractivity contribution >= 4 is 67.8 Å². The van der Waals surface area contributed by atoms with Gasteiger partial charge in [-0.3, -0.25) is 0 Å². The molecule has 41 heavy (non-hydrogen) atoms.